The van der Waals surface area contributed by atoms with Crippen molar-refractivity contribution in [3.05, 3.63) is 35.4 Å². The maximum atomic E-state index is 11.8. The minimum atomic E-state index is -0.288. The minimum absolute atomic E-state index is 0.00197. The molecule has 17 heavy (non-hydrogen) atoms. The highest BCUT2D eigenvalue weighted by Crippen LogP contribution is 2.34. The predicted octanol–water partition coefficient (Wildman–Crippen LogP) is 2.71. The molecule has 0 aliphatic heterocycles. The fourth-order valence-corrected chi connectivity index (χ4v) is 1.80. The summed E-state index contributed by atoms with van der Waals surface area (Å²) >= 11 is 0. The molecular weight excluding hydrogens is 214 g/mol. The number of ether oxygens (including phenoxy) is 1. The van der Waals surface area contributed by atoms with Gasteiger partial charge in [-0.2, -0.15) is 5.26 Å². The SMILES string of the molecule is C[C@H](OC(=O)c1cccc(CC#N)c1)C1CC1. The molecule has 0 N–H and O–H groups in total. The second-order valence-electron chi connectivity index (χ2n) is 4.48. The summed E-state index contributed by atoms with van der Waals surface area (Å²) in [5.74, 6) is 0.255. The Kier molecular flexibility index (Phi) is 3.43. The van der Waals surface area contributed by atoms with Crippen LogP contribution in [0.15, 0.2) is 24.3 Å². The molecule has 2 rings (SSSR count). The van der Waals surface area contributed by atoms with Gasteiger partial charge >= 0.3 is 5.97 Å². The fraction of sp³-hybridized carbons (Fsp3) is 0.429. The summed E-state index contributed by atoms with van der Waals surface area (Å²) in [6, 6.07) is 9.14. The first-order valence-electron chi connectivity index (χ1n) is 5.87. The zero-order chi connectivity index (χ0) is 12.3. The Morgan fingerprint density at radius 2 is 2.35 bits per heavy atom. The molecule has 0 bridgehead atoms. The van der Waals surface area contributed by atoms with Gasteiger partial charge in [-0.1, -0.05) is 12.1 Å². The lowest BCUT2D eigenvalue weighted by molar-refractivity contribution is 0.0294. The standard InChI is InChI=1S/C14H15NO2/c1-10(12-5-6-12)17-14(16)13-4-2-3-11(9-13)7-8-15/h2-4,9-10,12H,5-7H2,1H3/t10-/m0/s1. The van der Waals surface area contributed by atoms with E-state index in [1.54, 1.807) is 18.2 Å². The van der Waals surface area contributed by atoms with Crippen molar-refractivity contribution in [1.29, 1.82) is 5.26 Å². The van der Waals surface area contributed by atoms with Crippen LogP contribution in [0.3, 0.4) is 0 Å². The summed E-state index contributed by atoms with van der Waals surface area (Å²) in [6.07, 6.45) is 2.63. The summed E-state index contributed by atoms with van der Waals surface area (Å²) in [5.41, 5.74) is 1.38. The van der Waals surface area contributed by atoms with Crippen LogP contribution in [0.2, 0.25) is 0 Å². The number of rotatable bonds is 4. The Balaban J connectivity index is 2.02. The third kappa shape index (κ3) is 3.07. The van der Waals surface area contributed by atoms with Crippen LogP contribution in [0.5, 0.6) is 0 Å². The van der Waals surface area contributed by atoms with Gasteiger partial charge in [0.2, 0.25) is 0 Å². The van der Waals surface area contributed by atoms with Crippen LogP contribution < -0.4 is 0 Å². The molecule has 0 saturated heterocycles. The number of carbonyl (C=O) groups is 1. The van der Waals surface area contributed by atoms with Crippen LogP contribution in [-0.2, 0) is 11.2 Å². The van der Waals surface area contributed by atoms with Crippen LogP contribution >= 0.6 is 0 Å². The molecule has 1 aliphatic carbocycles. The van der Waals surface area contributed by atoms with Crippen LogP contribution in [0.25, 0.3) is 0 Å². The maximum absolute atomic E-state index is 11.8. The Morgan fingerprint density at radius 1 is 1.59 bits per heavy atom. The van der Waals surface area contributed by atoms with Crippen molar-refractivity contribution in [3.63, 3.8) is 0 Å². The molecule has 1 saturated carbocycles. The molecule has 0 heterocycles. The quantitative estimate of drug-likeness (QED) is 0.746. The zero-order valence-corrected chi connectivity index (χ0v) is 9.85. The molecule has 0 amide bonds. The minimum Gasteiger partial charge on any atom is -0.459 e. The molecule has 1 aromatic carbocycles. The first kappa shape index (κ1) is 11.7. The van der Waals surface area contributed by atoms with Crippen molar-refractivity contribution in [2.24, 2.45) is 5.92 Å². The third-order valence-electron chi connectivity index (χ3n) is 3.02. The summed E-state index contributed by atoms with van der Waals surface area (Å²) in [5, 5.41) is 8.61. The smallest absolute Gasteiger partial charge is 0.338 e. The number of nitriles is 1. The number of carbonyl (C=O) groups excluding carboxylic acids is 1. The first-order valence-corrected chi connectivity index (χ1v) is 5.87. The summed E-state index contributed by atoms with van der Waals surface area (Å²) in [6.45, 7) is 1.94. The monoisotopic (exact) mass is 229 g/mol. The van der Waals surface area contributed by atoms with Gasteiger partial charge in [0.25, 0.3) is 0 Å². The van der Waals surface area contributed by atoms with Gasteiger partial charge in [-0.05, 0) is 43.4 Å². The zero-order valence-electron chi connectivity index (χ0n) is 9.85. The molecule has 0 spiro atoms. The topological polar surface area (TPSA) is 50.1 Å². The van der Waals surface area contributed by atoms with Gasteiger partial charge in [0.1, 0.15) is 6.10 Å². The largest absolute Gasteiger partial charge is 0.459 e. The summed E-state index contributed by atoms with van der Waals surface area (Å²) in [7, 11) is 0. The van der Waals surface area contributed by atoms with E-state index < -0.39 is 0 Å². The molecule has 1 aliphatic rings. The van der Waals surface area contributed by atoms with E-state index in [0.717, 1.165) is 18.4 Å². The van der Waals surface area contributed by atoms with Crippen molar-refractivity contribution >= 4 is 5.97 Å². The number of esters is 1. The molecular formula is C14H15NO2. The van der Waals surface area contributed by atoms with Crippen LogP contribution in [0, 0.1) is 17.2 Å². The Bertz CT molecular complexity index is 458. The van der Waals surface area contributed by atoms with E-state index >= 15 is 0 Å². The average Bonchev–Trinajstić information content (AvgIpc) is 3.13. The average molecular weight is 229 g/mol. The third-order valence-corrected chi connectivity index (χ3v) is 3.02. The van der Waals surface area contributed by atoms with Gasteiger partial charge in [-0.25, -0.2) is 4.79 Å². The van der Waals surface area contributed by atoms with Crippen molar-refractivity contribution in [3.8, 4) is 6.07 Å². The maximum Gasteiger partial charge on any atom is 0.338 e. The number of nitrogens with zero attached hydrogens (tertiary/aromatic N) is 1. The lowest BCUT2D eigenvalue weighted by Crippen LogP contribution is -2.16. The second-order valence-corrected chi connectivity index (χ2v) is 4.48. The summed E-state index contributed by atoms with van der Waals surface area (Å²) < 4.78 is 5.37. The normalized spacial score (nSPS) is 16.0. The van der Waals surface area contributed by atoms with E-state index in [2.05, 4.69) is 6.07 Å². The van der Waals surface area contributed by atoms with Crippen LogP contribution in [0.1, 0.15) is 35.7 Å². The molecule has 3 heteroatoms. The lowest BCUT2D eigenvalue weighted by Gasteiger charge is -2.12. The molecule has 1 fully saturated rings. The van der Waals surface area contributed by atoms with E-state index in [-0.39, 0.29) is 12.1 Å². The highest BCUT2D eigenvalue weighted by atomic mass is 16.5. The Labute approximate surface area is 101 Å². The van der Waals surface area contributed by atoms with E-state index in [4.69, 9.17) is 10.00 Å². The Hall–Kier alpha value is -1.82. The molecule has 3 nitrogen and oxygen atoms in total. The van der Waals surface area contributed by atoms with Gasteiger partial charge < -0.3 is 4.74 Å². The van der Waals surface area contributed by atoms with Gasteiger partial charge in [0.15, 0.2) is 0 Å². The highest BCUT2D eigenvalue weighted by Gasteiger charge is 2.30. The second kappa shape index (κ2) is 5.01. The molecule has 1 atom stereocenters. The number of hydrogen-bond acceptors (Lipinski definition) is 3. The molecule has 0 unspecified atom stereocenters. The van der Waals surface area contributed by atoms with Crippen molar-refractivity contribution < 1.29 is 9.53 Å². The number of hydrogen-bond donors (Lipinski definition) is 0. The van der Waals surface area contributed by atoms with Crippen LogP contribution in [0.4, 0.5) is 0 Å². The predicted molar refractivity (Wildman–Crippen MR) is 63.4 cm³/mol. The molecule has 0 aromatic heterocycles. The van der Waals surface area contributed by atoms with Crippen molar-refractivity contribution in [1.82, 2.24) is 0 Å². The molecule has 1 aromatic rings. The fourth-order valence-electron chi connectivity index (χ4n) is 1.80. The van der Waals surface area contributed by atoms with E-state index in [1.807, 2.05) is 13.0 Å². The first-order chi connectivity index (χ1) is 8.20. The van der Waals surface area contributed by atoms with Gasteiger partial charge in [-0.3, -0.25) is 0 Å². The van der Waals surface area contributed by atoms with E-state index in [9.17, 15) is 4.79 Å². The van der Waals surface area contributed by atoms with Crippen LogP contribution in [-0.4, -0.2) is 12.1 Å². The van der Waals surface area contributed by atoms with E-state index in [1.165, 1.54) is 0 Å². The highest BCUT2D eigenvalue weighted by molar-refractivity contribution is 5.89. The Morgan fingerprint density at radius 3 is 3.00 bits per heavy atom. The van der Waals surface area contributed by atoms with Gasteiger partial charge in [0.05, 0.1) is 18.1 Å². The van der Waals surface area contributed by atoms with Gasteiger partial charge in [-0.15, -0.1) is 0 Å². The number of benzene rings is 1. The van der Waals surface area contributed by atoms with Crippen molar-refractivity contribution in [2.45, 2.75) is 32.3 Å². The van der Waals surface area contributed by atoms with E-state index in [0.29, 0.717) is 17.9 Å². The molecule has 0 radical (unpaired) electrons. The van der Waals surface area contributed by atoms with Crippen molar-refractivity contribution in [2.75, 3.05) is 0 Å². The molecule has 88 valence electrons. The summed E-state index contributed by atoms with van der Waals surface area (Å²) in [4.78, 5) is 11.8. The lowest BCUT2D eigenvalue weighted by atomic mass is 10.1. The van der Waals surface area contributed by atoms with Gasteiger partial charge in [0, 0.05) is 0 Å².